The van der Waals surface area contributed by atoms with Crippen LogP contribution in [0.2, 0.25) is 0 Å². The number of pyridine rings is 1. The van der Waals surface area contributed by atoms with E-state index in [0.29, 0.717) is 53.1 Å². The Labute approximate surface area is 287 Å². The number of hydrogen-bond donors (Lipinski definition) is 4. The van der Waals surface area contributed by atoms with Gasteiger partial charge in [-0.25, -0.2) is 0 Å². The number of carbonyl (C=O) groups is 4. The van der Waals surface area contributed by atoms with Crippen molar-refractivity contribution in [1.82, 2.24) is 36.0 Å². The van der Waals surface area contributed by atoms with Gasteiger partial charge in [0.2, 0.25) is 11.8 Å². The lowest BCUT2D eigenvalue weighted by atomic mass is 10.00. The molecular weight excluding hydrogens is 646 g/mol. The van der Waals surface area contributed by atoms with Crippen molar-refractivity contribution >= 4 is 35.0 Å². The van der Waals surface area contributed by atoms with Gasteiger partial charge in [-0.15, -0.1) is 0 Å². The van der Waals surface area contributed by atoms with Crippen molar-refractivity contribution in [3.63, 3.8) is 0 Å². The van der Waals surface area contributed by atoms with Crippen molar-refractivity contribution in [2.24, 2.45) is 5.92 Å². The number of aromatic nitrogens is 3. The van der Waals surface area contributed by atoms with Gasteiger partial charge < -0.3 is 30.3 Å². The lowest BCUT2D eigenvalue weighted by Gasteiger charge is -2.26. The SMILES string of the molecule is COc1cc2cc(c1OC)-c1cncc(c1)C(=O)NC1(CC1)C(=O)N[C@H](CC(C)C)C(=O)NCCN(C(=O)c1cc(-c3ccsc3)n[nH]1)C2. The Morgan fingerprint density at radius 1 is 1.06 bits per heavy atom. The summed E-state index contributed by atoms with van der Waals surface area (Å²) >= 11 is 1.53. The van der Waals surface area contributed by atoms with Crippen molar-refractivity contribution in [1.29, 1.82) is 0 Å². The summed E-state index contributed by atoms with van der Waals surface area (Å²) in [7, 11) is 3.04. The van der Waals surface area contributed by atoms with E-state index in [1.54, 1.807) is 29.3 Å². The summed E-state index contributed by atoms with van der Waals surface area (Å²) in [6.45, 7) is 4.34. The molecule has 1 spiro atoms. The molecule has 6 rings (SSSR count). The summed E-state index contributed by atoms with van der Waals surface area (Å²) in [5.74, 6) is -0.625. The van der Waals surface area contributed by atoms with Crippen LogP contribution in [0.5, 0.6) is 11.5 Å². The van der Waals surface area contributed by atoms with Crippen LogP contribution in [0.3, 0.4) is 0 Å². The molecule has 1 atom stereocenters. The molecular formula is C35H39N7O6S. The van der Waals surface area contributed by atoms with Crippen molar-refractivity contribution in [3.05, 3.63) is 70.3 Å². The molecule has 14 heteroatoms. The Bertz CT molecular complexity index is 1870. The predicted molar refractivity (Wildman–Crippen MR) is 183 cm³/mol. The topological polar surface area (TPSA) is 168 Å². The fourth-order valence-corrected chi connectivity index (χ4v) is 6.58. The van der Waals surface area contributed by atoms with Gasteiger partial charge >= 0.3 is 0 Å². The normalized spacial score (nSPS) is 17.9. The Morgan fingerprint density at radius 2 is 1.86 bits per heavy atom. The summed E-state index contributed by atoms with van der Waals surface area (Å²) in [5.41, 5.74) is 2.84. The Kier molecular flexibility index (Phi) is 9.67. The third-order valence-corrected chi connectivity index (χ3v) is 9.37. The minimum Gasteiger partial charge on any atom is -0.493 e. The molecule has 1 aliphatic carbocycles. The number of nitrogens with zero attached hydrogens (tertiary/aromatic N) is 3. The molecule has 1 fully saturated rings. The average molecular weight is 686 g/mol. The molecule has 1 saturated carbocycles. The Morgan fingerprint density at radius 3 is 2.55 bits per heavy atom. The maximum atomic E-state index is 14.0. The first-order valence-corrected chi connectivity index (χ1v) is 17.0. The average Bonchev–Trinajstić information content (AvgIpc) is 3.44. The molecule has 3 aromatic heterocycles. The van der Waals surface area contributed by atoms with Gasteiger partial charge in [0.15, 0.2) is 11.5 Å². The smallest absolute Gasteiger partial charge is 0.272 e. The van der Waals surface area contributed by atoms with Gasteiger partial charge in [-0.05, 0) is 66.5 Å². The van der Waals surface area contributed by atoms with Crippen LogP contribution in [0.4, 0.5) is 0 Å². The quantitative estimate of drug-likeness (QED) is 0.238. The van der Waals surface area contributed by atoms with Crippen molar-refractivity contribution in [2.75, 3.05) is 27.3 Å². The second-order valence-corrected chi connectivity index (χ2v) is 13.5. The summed E-state index contributed by atoms with van der Waals surface area (Å²) in [6, 6.07) is 8.13. The highest BCUT2D eigenvalue weighted by atomic mass is 32.1. The van der Waals surface area contributed by atoms with E-state index in [-0.39, 0.29) is 48.6 Å². The molecule has 1 aliphatic heterocycles. The first-order valence-electron chi connectivity index (χ1n) is 16.1. The summed E-state index contributed by atoms with van der Waals surface area (Å²) < 4.78 is 11.5. The second-order valence-electron chi connectivity index (χ2n) is 12.7. The fraction of sp³-hybridized carbons (Fsp3) is 0.371. The number of amides is 4. The third kappa shape index (κ3) is 7.28. The lowest BCUT2D eigenvalue weighted by Crippen LogP contribution is -2.56. The first kappa shape index (κ1) is 33.7. The molecule has 2 aliphatic rings. The van der Waals surface area contributed by atoms with E-state index >= 15 is 0 Å². The highest BCUT2D eigenvalue weighted by Crippen LogP contribution is 2.40. The second kappa shape index (κ2) is 14.1. The molecule has 0 unspecified atom stereocenters. The van der Waals surface area contributed by atoms with Crippen LogP contribution >= 0.6 is 11.3 Å². The number of nitrogens with one attached hydrogen (secondary N) is 4. The number of hydrogen-bond acceptors (Lipinski definition) is 9. The van der Waals surface area contributed by atoms with Gasteiger partial charge in [0.05, 0.1) is 25.5 Å². The molecule has 4 heterocycles. The largest absolute Gasteiger partial charge is 0.493 e. The van der Waals surface area contributed by atoms with Crippen LogP contribution in [-0.4, -0.2) is 82.6 Å². The number of H-pyrrole nitrogens is 1. The number of methoxy groups -OCH3 is 2. The highest BCUT2D eigenvalue weighted by Gasteiger charge is 2.52. The minimum atomic E-state index is -1.12. The van der Waals surface area contributed by atoms with Gasteiger partial charge in [0.1, 0.15) is 17.3 Å². The minimum absolute atomic E-state index is 0.0996. The standard InChI is InChI=1S/C35H39N7O6S/c1-20(2)11-27-32(44)37-8-9-42(33(45)28-15-26(40-41-28)22-5-10-49-19-22)18-21-12-25(30(48-4)29(13-21)47-3)23-14-24(17-36-16-23)31(43)39-35(6-7-35)34(46)38-27/h5,10,12-17,19-20,27H,6-9,11,18H2,1-4H3,(H,37,44)(H,38,46)(H,39,43)(H,40,41)/t27-/m1/s1. The van der Waals surface area contributed by atoms with Gasteiger partial charge in [0, 0.05) is 54.1 Å². The molecule has 13 nitrogen and oxygen atoms in total. The molecule has 4 N–H and O–H groups in total. The fourth-order valence-electron chi connectivity index (χ4n) is 5.93. The molecule has 4 bridgehead atoms. The van der Waals surface area contributed by atoms with Crippen molar-refractivity contribution in [3.8, 4) is 33.9 Å². The van der Waals surface area contributed by atoms with Crippen molar-refractivity contribution < 1.29 is 28.7 Å². The molecule has 4 amide bonds. The molecule has 1 aromatic carbocycles. The van der Waals surface area contributed by atoms with Crippen LogP contribution in [0.1, 0.15) is 59.5 Å². The number of fused-ring (bicyclic) bond motifs is 5. The highest BCUT2D eigenvalue weighted by molar-refractivity contribution is 7.08. The maximum Gasteiger partial charge on any atom is 0.272 e. The van der Waals surface area contributed by atoms with Crippen LogP contribution < -0.4 is 25.4 Å². The zero-order valence-corrected chi connectivity index (χ0v) is 28.6. The van der Waals surface area contributed by atoms with E-state index in [2.05, 4.69) is 31.1 Å². The monoisotopic (exact) mass is 685 g/mol. The van der Waals surface area contributed by atoms with Crippen LogP contribution in [0.15, 0.2) is 53.5 Å². The van der Waals surface area contributed by atoms with Gasteiger partial charge in [-0.3, -0.25) is 29.3 Å². The summed E-state index contributed by atoms with van der Waals surface area (Å²) in [6.07, 6.45) is 4.33. The molecule has 256 valence electrons. The molecule has 0 saturated heterocycles. The molecule has 49 heavy (non-hydrogen) atoms. The number of aromatic amines is 1. The summed E-state index contributed by atoms with van der Waals surface area (Å²) in [4.78, 5) is 60.6. The van der Waals surface area contributed by atoms with Crippen LogP contribution in [0.25, 0.3) is 22.4 Å². The van der Waals surface area contributed by atoms with Gasteiger partial charge in [-0.1, -0.05) is 13.8 Å². The van der Waals surface area contributed by atoms with E-state index < -0.39 is 23.4 Å². The van der Waals surface area contributed by atoms with E-state index in [9.17, 15) is 19.2 Å². The predicted octanol–water partition coefficient (Wildman–Crippen LogP) is 3.78. The number of ether oxygens (including phenoxy) is 2. The maximum absolute atomic E-state index is 14.0. The number of carbonyl (C=O) groups excluding carboxylic acids is 4. The third-order valence-electron chi connectivity index (χ3n) is 8.68. The number of rotatable bonds is 6. The zero-order valence-electron chi connectivity index (χ0n) is 27.8. The van der Waals surface area contributed by atoms with Gasteiger partial charge in [-0.2, -0.15) is 16.4 Å². The molecule has 4 aromatic rings. The van der Waals surface area contributed by atoms with E-state index in [1.165, 1.54) is 31.8 Å². The van der Waals surface area contributed by atoms with Crippen LogP contribution in [0, 0.1) is 5.92 Å². The lowest BCUT2D eigenvalue weighted by molar-refractivity contribution is -0.130. The first-order chi connectivity index (χ1) is 23.6. The van der Waals surface area contributed by atoms with Gasteiger partial charge in [0.25, 0.3) is 11.8 Å². The zero-order chi connectivity index (χ0) is 34.7. The Hall–Kier alpha value is -5.24. The van der Waals surface area contributed by atoms with E-state index in [0.717, 1.165) is 5.56 Å². The van der Waals surface area contributed by atoms with E-state index in [1.807, 2.05) is 36.7 Å². The number of benzene rings is 1. The van der Waals surface area contributed by atoms with E-state index in [4.69, 9.17) is 9.47 Å². The Balaban J connectivity index is 1.41. The summed E-state index contributed by atoms with van der Waals surface area (Å²) in [5, 5.41) is 19.8. The van der Waals surface area contributed by atoms with Crippen molar-refractivity contribution in [2.45, 2.75) is 51.2 Å². The molecule has 0 radical (unpaired) electrons. The van der Waals surface area contributed by atoms with Crippen LogP contribution in [-0.2, 0) is 16.1 Å². The number of thiophene rings is 1.